The van der Waals surface area contributed by atoms with E-state index in [9.17, 15) is 19.7 Å². The Morgan fingerprint density at radius 2 is 2.35 bits per heavy atom. The van der Waals surface area contributed by atoms with Crippen molar-refractivity contribution >= 4 is 0 Å². The molecule has 0 saturated carbocycles. The van der Waals surface area contributed by atoms with Gasteiger partial charge in [0.25, 0.3) is 10.6 Å². The van der Waals surface area contributed by atoms with E-state index in [2.05, 4.69) is 9.82 Å². The highest BCUT2D eigenvalue weighted by molar-refractivity contribution is 5.02. The third kappa shape index (κ3) is 2.70. The summed E-state index contributed by atoms with van der Waals surface area (Å²) in [5, 5.41) is 18.5. The lowest BCUT2D eigenvalue weighted by atomic mass is 10.2. The van der Waals surface area contributed by atoms with Crippen LogP contribution in [0.15, 0.2) is 15.8 Å². The van der Waals surface area contributed by atoms with E-state index in [0.29, 0.717) is 5.56 Å². The first-order chi connectivity index (χ1) is 9.42. The molecule has 0 bridgehead atoms. The molecule has 1 saturated heterocycles. The Balaban J connectivity index is 2.27. The molecule has 1 aliphatic rings. The van der Waals surface area contributed by atoms with E-state index in [1.54, 1.807) is 0 Å². The monoisotopic (exact) mass is 287 g/mol. The lowest BCUT2D eigenvalue weighted by Gasteiger charge is -2.14. The number of ether oxygens (including phenoxy) is 1. The highest BCUT2D eigenvalue weighted by Gasteiger charge is 2.38. The molecule has 2 heterocycles. The zero-order valence-corrected chi connectivity index (χ0v) is 10.5. The topological polar surface area (TPSA) is 137 Å². The number of hydrogen-bond acceptors (Lipinski definition) is 7. The quantitative estimate of drug-likeness (QED) is 0.518. The van der Waals surface area contributed by atoms with Crippen LogP contribution in [0.5, 0.6) is 0 Å². The Labute approximate surface area is 111 Å². The van der Waals surface area contributed by atoms with E-state index >= 15 is 0 Å². The largest absolute Gasteiger partial charge is 0.394 e. The van der Waals surface area contributed by atoms with E-state index in [4.69, 9.17) is 9.84 Å². The number of aliphatic hydroxyl groups is 1. The number of aromatic amines is 1. The predicted octanol–water partition coefficient (Wildman–Crippen LogP) is -1.30. The zero-order valence-electron chi connectivity index (χ0n) is 10.5. The minimum atomic E-state index is -0.973. The molecule has 10 nitrogen and oxygen atoms in total. The summed E-state index contributed by atoms with van der Waals surface area (Å²) >= 11 is 0. The molecular formula is C10H13N3O7. The first-order valence-corrected chi connectivity index (χ1v) is 5.82. The van der Waals surface area contributed by atoms with Gasteiger partial charge in [-0.2, -0.15) is 0 Å². The molecule has 0 spiro atoms. The van der Waals surface area contributed by atoms with Gasteiger partial charge >= 0.3 is 5.69 Å². The van der Waals surface area contributed by atoms with E-state index in [0.717, 1.165) is 4.57 Å². The normalized spacial score (nSPS) is 25.6. The molecule has 0 aromatic carbocycles. The molecule has 110 valence electrons. The maximum atomic E-state index is 11.7. The van der Waals surface area contributed by atoms with Crippen LogP contribution in [0.4, 0.5) is 0 Å². The van der Waals surface area contributed by atoms with Crippen LogP contribution in [0.1, 0.15) is 18.2 Å². The molecule has 0 amide bonds. The van der Waals surface area contributed by atoms with Gasteiger partial charge in [0.15, 0.2) is 0 Å². The third-order valence-corrected chi connectivity index (χ3v) is 3.04. The molecule has 1 aromatic rings. The maximum absolute atomic E-state index is 11.7. The van der Waals surface area contributed by atoms with Gasteiger partial charge in [-0.05, 0) is 6.92 Å². The SMILES string of the molecule is Cc1cn(C2CC(O[N+](=O)[O-])C(CO)O2)c(=O)[nH]c1=O. The van der Waals surface area contributed by atoms with Crippen LogP contribution in [0.2, 0.25) is 0 Å². The van der Waals surface area contributed by atoms with E-state index < -0.39 is 41.4 Å². The summed E-state index contributed by atoms with van der Waals surface area (Å²) in [7, 11) is 0. The summed E-state index contributed by atoms with van der Waals surface area (Å²) in [5.41, 5.74) is -0.905. The second kappa shape index (κ2) is 5.43. The first kappa shape index (κ1) is 14.2. The Kier molecular flexibility index (Phi) is 3.86. The van der Waals surface area contributed by atoms with Crippen molar-refractivity contribution in [3.8, 4) is 0 Å². The predicted molar refractivity (Wildman–Crippen MR) is 63.5 cm³/mol. The van der Waals surface area contributed by atoms with Crippen molar-refractivity contribution in [2.24, 2.45) is 0 Å². The minimum absolute atomic E-state index is 0.0115. The number of aliphatic hydroxyl groups excluding tert-OH is 1. The fourth-order valence-corrected chi connectivity index (χ4v) is 2.06. The average molecular weight is 287 g/mol. The standard InChI is InChI=1S/C10H13N3O7/c1-5-3-12(10(16)11-9(5)15)8-2-6(20-13(17)18)7(4-14)19-8/h3,6-8,14H,2,4H2,1H3,(H,11,15,16). The smallest absolute Gasteiger partial charge is 0.330 e. The number of rotatable bonds is 4. The van der Waals surface area contributed by atoms with Crippen LogP contribution >= 0.6 is 0 Å². The molecule has 0 radical (unpaired) electrons. The van der Waals surface area contributed by atoms with Gasteiger partial charge in [-0.15, -0.1) is 10.1 Å². The van der Waals surface area contributed by atoms with Crippen LogP contribution in [0.3, 0.4) is 0 Å². The van der Waals surface area contributed by atoms with Gasteiger partial charge in [-0.3, -0.25) is 14.3 Å². The summed E-state index contributed by atoms with van der Waals surface area (Å²) in [4.78, 5) is 39.8. The lowest BCUT2D eigenvalue weighted by Crippen LogP contribution is -2.33. The fraction of sp³-hybridized carbons (Fsp3) is 0.600. The molecule has 0 aliphatic carbocycles. The molecule has 3 atom stereocenters. The van der Waals surface area contributed by atoms with E-state index in [-0.39, 0.29) is 6.42 Å². The Hall–Kier alpha value is -2.20. The third-order valence-electron chi connectivity index (χ3n) is 3.04. The Morgan fingerprint density at radius 3 is 2.95 bits per heavy atom. The van der Waals surface area contributed by atoms with Crippen LogP contribution < -0.4 is 11.2 Å². The number of aryl methyl sites for hydroxylation is 1. The van der Waals surface area contributed by atoms with Crippen molar-refractivity contribution in [2.45, 2.75) is 31.8 Å². The van der Waals surface area contributed by atoms with Crippen molar-refractivity contribution in [3.05, 3.63) is 42.7 Å². The van der Waals surface area contributed by atoms with Crippen molar-refractivity contribution in [2.75, 3.05) is 6.61 Å². The fourth-order valence-electron chi connectivity index (χ4n) is 2.06. The highest BCUT2D eigenvalue weighted by atomic mass is 17.0. The molecule has 2 N–H and O–H groups in total. The molecule has 1 fully saturated rings. The Morgan fingerprint density at radius 1 is 1.65 bits per heavy atom. The number of nitrogens with one attached hydrogen (secondary N) is 1. The number of hydrogen-bond donors (Lipinski definition) is 2. The summed E-state index contributed by atoms with van der Waals surface area (Å²) in [5.74, 6) is 0. The summed E-state index contributed by atoms with van der Waals surface area (Å²) in [6.07, 6.45) is -1.42. The van der Waals surface area contributed by atoms with Crippen molar-refractivity contribution < 1.29 is 19.8 Å². The summed E-state index contributed by atoms with van der Waals surface area (Å²) in [6.45, 7) is 1.03. The number of aromatic nitrogens is 2. The molecule has 20 heavy (non-hydrogen) atoms. The van der Waals surface area contributed by atoms with Crippen LogP contribution in [0.25, 0.3) is 0 Å². The summed E-state index contributed by atoms with van der Waals surface area (Å²) in [6, 6.07) is 0. The van der Waals surface area contributed by atoms with Crippen molar-refractivity contribution in [1.82, 2.24) is 9.55 Å². The van der Waals surface area contributed by atoms with Gasteiger partial charge in [0.1, 0.15) is 18.4 Å². The Bertz CT molecular complexity index is 622. The van der Waals surface area contributed by atoms with Gasteiger partial charge < -0.3 is 14.7 Å². The van der Waals surface area contributed by atoms with E-state index in [1.165, 1.54) is 13.1 Å². The lowest BCUT2D eigenvalue weighted by molar-refractivity contribution is -0.769. The highest BCUT2D eigenvalue weighted by Crippen LogP contribution is 2.29. The van der Waals surface area contributed by atoms with E-state index in [1.807, 2.05) is 0 Å². The van der Waals surface area contributed by atoms with Crippen molar-refractivity contribution in [1.29, 1.82) is 0 Å². The number of H-pyrrole nitrogens is 1. The van der Waals surface area contributed by atoms with Crippen LogP contribution in [0, 0.1) is 17.0 Å². The molecule has 2 rings (SSSR count). The van der Waals surface area contributed by atoms with Crippen molar-refractivity contribution in [3.63, 3.8) is 0 Å². The first-order valence-electron chi connectivity index (χ1n) is 5.82. The van der Waals surface area contributed by atoms with Gasteiger partial charge in [-0.1, -0.05) is 0 Å². The molecule has 1 aliphatic heterocycles. The average Bonchev–Trinajstić information content (AvgIpc) is 2.75. The van der Waals surface area contributed by atoms with Gasteiger partial charge in [0, 0.05) is 18.2 Å². The molecule has 10 heteroatoms. The van der Waals surface area contributed by atoms with Crippen LogP contribution in [-0.4, -0.2) is 38.6 Å². The van der Waals surface area contributed by atoms with Gasteiger partial charge in [0.05, 0.1) is 6.61 Å². The van der Waals surface area contributed by atoms with Gasteiger partial charge in [-0.25, -0.2) is 4.79 Å². The second-order valence-electron chi connectivity index (χ2n) is 4.39. The van der Waals surface area contributed by atoms with Gasteiger partial charge in [0.2, 0.25) is 0 Å². The number of nitrogens with zero attached hydrogens (tertiary/aromatic N) is 2. The summed E-state index contributed by atoms with van der Waals surface area (Å²) < 4.78 is 6.46. The minimum Gasteiger partial charge on any atom is -0.394 e. The zero-order chi connectivity index (χ0) is 14.9. The molecule has 3 unspecified atom stereocenters. The molecule has 1 aromatic heterocycles. The second-order valence-corrected chi connectivity index (χ2v) is 4.39. The van der Waals surface area contributed by atoms with Crippen LogP contribution in [-0.2, 0) is 9.57 Å². The maximum Gasteiger partial charge on any atom is 0.330 e. The molecular weight excluding hydrogens is 274 g/mol.